The number of nitriles is 1. The van der Waals surface area contributed by atoms with E-state index in [0.29, 0.717) is 17.3 Å². The second-order valence-corrected chi connectivity index (χ2v) is 7.09. The topological polar surface area (TPSA) is 82.7 Å². The van der Waals surface area contributed by atoms with Gasteiger partial charge in [0.15, 0.2) is 17.0 Å². The summed E-state index contributed by atoms with van der Waals surface area (Å²) in [6.07, 6.45) is 4.21. The molecule has 1 aromatic carbocycles. The number of anilines is 3. The third kappa shape index (κ3) is 3.43. The maximum absolute atomic E-state index is 9.15. The monoisotopic (exact) mass is 361 g/mol. The molecule has 1 fully saturated rings. The molecule has 0 aliphatic carbocycles. The second-order valence-electron chi connectivity index (χ2n) is 7.09. The van der Waals surface area contributed by atoms with Crippen LogP contribution in [0.5, 0.6) is 0 Å². The number of fused-ring (bicyclic) bond motifs is 1. The van der Waals surface area contributed by atoms with Crippen LogP contribution in [0.3, 0.4) is 0 Å². The first-order valence-electron chi connectivity index (χ1n) is 9.43. The zero-order chi connectivity index (χ0) is 18.8. The van der Waals surface area contributed by atoms with Crippen molar-refractivity contribution in [3.63, 3.8) is 0 Å². The Balaban J connectivity index is 1.78. The standard InChI is InChI=1S/C20H23N7/c1-3-26-13-22-17-18(23-16-8-4-7-15(10-16)11-21)24-20(25-19(17)26)27-9-5-6-14(2)12-27/h4,7-8,10,13-14H,3,5-6,9,12H2,1-2H3,(H,23,24,25). The van der Waals surface area contributed by atoms with Crippen LogP contribution in [0, 0.1) is 17.2 Å². The molecule has 1 unspecified atom stereocenters. The molecule has 0 bridgehead atoms. The predicted molar refractivity (Wildman–Crippen MR) is 106 cm³/mol. The van der Waals surface area contributed by atoms with Crippen LogP contribution in [-0.2, 0) is 6.54 Å². The summed E-state index contributed by atoms with van der Waals surface area (Å²) in [5.74, 6) is 2.05. The quantitative estimate of drug-likeness (QED) is 0.763. The number of hydrogen-bond donors (Lipinski definition) is 1. The van der Waals surface area contributed by atoms with E-state index in [0.717, 1.165) is 48.9 Å². The Kier molecular flexibility index (Phi) is 4.63. The molecule has 2 aromatic heterocycles. The third-order valence-corrected chi connectivity index (χ3v) is 4.99. The van der Waals surface area contributed by atoms with Gasteiger partial charge < -0.3 is 14.8 Å². The largest absolute Gasteiger partial charge is 0.340 e. The van der Waals surface area contributed by atoms with E-state index in [1.807, 2.05) is 22.8 Å². The lowest BCUT2D eigenvalue weighted by Crippen LogP contribution is -2.35. The molecule has 4 rings (SSSR count). The maximum atomic E-state index is 9.15. The van der Waals surface area contributed by atoms with E-state index < -0.39 is 0 Å². The predicted octanol–water partition coefficient (Wildman–Crippen LogP) is 3.70. The Labute approximate surface area is 158 Å². The van der Waals surface area contributed by atoms with E-state index in [9.17, 15) is 0 Å². The van der Waals surface area contributed by atoms with Gasteiger partial charge in [0, 0.05) is 25.3 Å². The van der Waals surface area contributed by atoms with E-state index in [-0.39, 0.29) is 0 Å². The number of aromatic nitrogens is 4. The number of imidazole rings is 1. The lowest BCUT2D eigenvalue weighted by molar-refractivity contribution is 0.442. The molecule has 1 aliphatic heterocycles. The molecule has 0 amide bonds. The molecule has 0 spiro atoms. The van der Waals surface area contributed by atoms with Crippen LogP contribution >= 0.6 is 0 Å². The molecule has 3 heterocycles. The van der Waals surface area contributed by atoms with Crippen LogP contribution in [0.4, 0.5) is 17.5 Å². The zero-order valence-corrected chi connectivity index (χ0v) is 15.7. The van der Waals surface area contributed by atoms with Gasteiger partial charge in [-0.05, 0) is 43.9 Å². The van der Waals surface area contributed by atoms with Gasteiger partial charge >= 0.3 is 0 Å². The van der Waals surface area contributed by atoms with Gasteiger partial charge in [0.2, 0.25) is 5.95 Å². The van der Waals surface area contributed by atoms with Crippen LogP contribution in [-0.4, -0.2) is 32.6 Å². The molecule has 27 heavy (non-hydrogen) atoms. The number of rotatable bonds is 4. The Morgan fingerprint density at radius 2 is 2.22 bits per heavy atom. The van der Waals surface area contributed by atoms with Gasteiger partial charge in [0.1, 0.15) is 0 Å². The van der Waals surface area contributed by atoms with Crippen LogP contribution in [0.1, 0.15) is 32.3 Å². The Hall–Kier alpha value is -3.14. The van der Waals surface area contributed by atoms with Crippen molar-refractivity contribution in [1.82, 2.24) is 19.5 Å². The summed E-state index contributed by atoms with van der Waals surface area (Å²) in [6.45, 7) is 7.09. The van der Waals surface area contributed by atoms with E-state index in [1.165, 1.54) is 6.42 Å². The highest BCUT2D eigenvalue weighted by molar-refractivity contribution is 5.86. The summed E-state index contributed by atoms with van der Waals surface area (Å²) >= 11 is 0. The van der Waals surface area contributed by atoms with Crippen molar-refractivity contribution in [3.8, 4) is 6.07 Å². The Morgan fingerprint density at radius 3 is 3.00 bits per heavy atom. The Morgan fingerprint density at radius 1 is 1.33 bits per heavy atom. The molecule has 3 aromatic rings. The van der Waals surface area contributed by atoms with Crippen molar-refractivity contribution in [2.75, 3.05) is 23.3 Å². The fourth-order valence-corrected chi connectivity index (χ4v) is 3.57. The van der Waals surface area contributed by atoms with E-state index in [1.54, 1.807) is 12.4 Å². The minimum absolute atomic E-state index is 0.606. The number of nitrogens with one attached hydrogen (secondary N) is 1. The molecule has 0 radical (unpaired) electrons. The van der Waals surface area contributed by atoms with Crippen LogP contribution in [0.15, 0.2) is 30.6 Å². The van der Waals surface area contributed by atoms with Crippen molar-refractivity contribution < 1.29 is 0 Å². The summed E-state index contributed by atoms with van der Waals surface area (Å²) in [7, 11) is 0. The smallest absolute Gasteiger partial charge is 0.229 e. The summed E-state index contributed by atoms with van der Waals surface area (Å²) in [5.41, 5.74) is 3.00. The highest BCUT2D eigenvalue weighted by Gasteiger charge is 2.21. The zero-order valence-electron chi connectivity index (χ0n) is 15.7. The fourth-order valence-electron chi connectivity index (χ4n) is 3.57. The van der Waals surface area contributed by atoms with Crippen molar-refractivity contribution in [1.29, 1.82) is 5.26 Å². The molecular weight excluding hydrogens is 338 g/mol. The highest BCUT2D eigenvalue weighted by Crippen LogP contribution is 2.28. The van der Waals surface area contributed by atoms with Crippen molar-refractivity contribution in [2.45, 2.75) is 33.2 Å². The molecule has 0 saturated carbocycles. The SMILES string of the molecule is CCn1cnc2c(Nc3cccc(C#N)c3)nc(N3CCCC(C)C3)nc21. The average molecular weight is 361 g/mol. The molecule has 1 N–H and O–H groups in total. The van der Waals surface area contributed by atoms with Crippen LogP contribution in [0.25, 0.3) is 11.2 Å². The summed E-state index contributed by atoms with van der Waals surface area (Å²) in [6, 6.07) is 9.55. The van der Waals surface area contributed by atoms with Gasteiger partial charge in [-0.2, -0.15) is 15.2 Å². The molecule has 1 aliphatic rings. The Bertz CT molecular complexity index is 1000. The lowest BCUT2D eigenvalue weighted by atomic mass is 10.0. The first-order chi connectivity index (χ1) is 13.2. The molecule has 1 saturated heterocycles. The van der Waals surface area contributed by atoms with Gasteiger partial charge in [-0.25, -0.2) is 4.98 Å². The first-order valence-corrected chi connectivity index (χ1v) is 9.43. The molecule has 7 nitrogen and oxygen atoms in total. The highest BCUT2D eigenvalue weighted by atomic mass is 15.3. The summed E-state index contributed by atoms with van der Waals surface area (Å²) < 4.78 is 2.03. The number of benzene rings is 1. The van der Waals surface area contributed by atoms with Crippen LogP contribution < -0.4 is 10.2 Å². The normalized spacial score (nSPS) is 17.1. The fraction of sp³-hybridized carbons (Fsp3) is 0.400. The average Bonchev–Trinajstić information content (AvgIpc) is 3.11. The lowest BCUT2D eigenvalue weighted by Gasteiger charge is -2.31. The van der Waals surface area contributed by atoms with Crippen LogP contribution in [0.2, 0.25) is 0 Å². The number of aryl methyl sites for hydroxylation is 1. The van der Waals surface area contributed by atoms with Gasteiger partial charge in [-0.1, -0.05) is 13.0 Å². The third-order valence-electron chi connectivity index (χ3n) is 4.99. The van der Waals surface area contributed by atoms with Gasteiger partial charge in [-0.15, -0.1) is 0 Å². The summed E-state index contributed by atoms with van der Waals surface area (Å²) in [4.78, 5) is 16.4. The second kappa shape index (κ2) is 7.23. The van der Waals surface area contributed by atoms with Gasteiger partial charge in [0.25, 0.3) is 0 Å². The van der Waals surface area contributed by atoms with E-state index >= 15 is 0 Å². The molecule has 7 heteroatoms. The number of hydrogen-bond acceptors (Lipinski definition) is 6. The maximum Gasteiger partial charge on any atom is 0.229 e. The van der Waals surface area contributed by atoms with Crippen molar-refractivity contribution in [3.05, 3.63) is 36.2 Å². The van der Waals surface area contributed by atoms with Gasteiger partial charge in [-0.3, -0.25) is 0 Å². The summed E-state index contributed by atoms with van der Waals surface area (Å²) in [5, 5.41) is 12.5. The van der Waals surface area contributed by atoms with E-state index in [2.05, 4.69) is 35.1 Å². The number of piperidine rings is 1. The molecule has 1 atom stereocenters. The molecular formula is C20H23N7. The molecule has 138 valence electrons. The minimum Gasteiger partial charge on any atom is -0.340 e. The van der Waals surface area contributed by atoms with Crippen molar-refractivity contribution in [2.24, 2.45) is 5.92 Å². The van der Waals surface area contributed by atoms with E-state index in [4.69, 9.17) is 15.2 Å². The van der Waals surface area contributed by atoms with Gasteiger partial charge in [0.05, 0.1) is 18.0 Å². The number of nitrogens with zero attached hydrogens (tertiary/aromatic N) is 6. The first kappa shape index (κ1) is 17.3. The van der Waals surface area contributed by atoms with Crippen molar-refractivity contribution >= 4 is 28.6 Å². The minimum atomic E-state index is 0.606.